The van der Waals surface area contributed by atoms with Crippen molar-refractivity contribution >= 4 is 0 Å². The molecule has 0 aromatic heterocycles. The van der Waals surface area contributed by atoms with Gasteiger partial charge in [-0.1, -0.05) is 74.5 Å². The molecule has 2 aromatic carbocycles. The van der Waals surface area contributed by atoms with Gasteiger partial charge in [0, 0.05) is 12.1 Å². The van der Waals surface area contributed by atoms with Crippen LogP contribution < -0.4 is 11.1 Å². The number of nitrogens with two attached hydrogens (primary N) is 1. The van der Waals surface area contributed by atoms with E-state index in [4.69, 9.17) is 5.73 Å². The molecule has 2 aromatic rings. The third-order valence-corrected chi connectivity index (χ3v) is 5.46. The van der Waals surface area contributed by atoms with E-state index in [2.05, 4.69) is 73.8 Å². The largest absolute Gasteiger partial charge is 0.322 e. The van der Waals surface area contributed by atoms with Crippen molar-refractivity contribution in [1.82, 2.24) is 5.32 Å². The lowest BCUT2D eigenvalue weighted by molar-refractivity contribution is 0.193. The van der Waals surface area contributed by atoms with Crippen molar-refractivity contribution in [2.75, 3.05) is 0 Å². The van der Waals surface area contributed by atoms with E-state index in [1.54, 1.807) is 0 Å². The SMILES string of the molecule is CC1(C)CCC(N[C@@H](c2ccccc2)[C@@H](N)c2ccccc2)CC1. The van der Waals surface area contributed by atoms with Gasteiger partial charge in [0.15, 0.2) is 0 Å². The molecule has 128 valence electrons. The molecule has 1 aliphatic carbocycles. The van der Waals surface area contributed by atoms with Crippen LogP contribution in [-0.2, 0) is 0 Å². The first-order valence-corrected chi connectivity index (χ1v) is 9.17. The van der Waals surface area contributed by atoms with Crippen LogP contribution in [0.15, 0.2) is 60.7 Å². The monoisotopic (exact) mass is 322 g/mol. The summed E-state index contributed by atoms with van der Waals surface area (Å²) in [5.41, 5.74) is 9.63. The second kappa shape index (κ2) is 7.50. The Kier molecular flexibility index (Phi) is 5.37. The molecular weight excluding hydrogens is 292 g/mol. The maximum Gasteiger partial charge on any atom is 0.0518 e. The standard InChI is InChI=1S/C22H30N2/c1-22(2)15-13-19(14-16-22)24-21(18-11-7-4-8-12-18)20(23)17-9-5-3-6-10-17/h3-12,19-21,24H,13-16,23H2,1-2H3/t20-,21-/m0/s1. The summed E-state index contributed by atoms with van der Waals surface area (Å²) < 4.78 is 0. The van der Waals surface area contributed by atoms with Crippen molar-refractivity contribution in [3.8, 4) is 0 Å². The predicted octanol–water partition coefficient (Wildman–Crippen LogP) is 4.99. The van der Waals surface area contributed by atoms with Gasteiger partial charge in [-0.15, -0.1) is 0 Å². The van der Waals surface area contributed by atoms with Crippen LogP contribution in [0, 0.1) is 5.41 Å². The maximum atomic E-state index is 6.68. The normalized spacial score (nSPS) is 20.5. The number of nitrogens with one attached hydrogen (secondary N) is 1. The van der Waals surface area contributed by atoms with Crippen LogP contribution in [-0.4, -0.2) is 6.04 Å². The van der Waals surface area contributed by atoms with Crippen LogP contribution in [0.25, 0.3) is 0 Å². The zero-order valence-corrected chi connectivity index (χ0v) is 14.9. The zero-order chi connectivity index (χ0) is 17.0. The maximum absolute atomic E-state index is 6.68. The number of hydrogen-bond acceptors (Lipinski definition) is 2. The summed E-state index contributed by atoms with van der Waals surface area (Å²) in [6, 6.07) is 21.8. The molecular formula is C22H30N2. The fraction of sp³-hybridized carbons (Fsp3) is 0.455. The van der Waals surface area contributed by atoms with Crippen molar-refractivity contribution < 1.29 is 0 Å². The molecule has 3 N–H and O–H groups in total. The molecule has 2 nitrogen and oxygen atoms in total. The first-order chi connectivity index (χ1) is 11.6. The lowest BCUT2D eigenvalue weighted by Crippen LogP contribution is -2.41. The molecule has 0 heterocycles. The number of benzene rings is 2. The average Bonchev–Trinajstić information content (AvgIpc) is 2.62. The Labute approximate surface area is 146 Å². The first kappa shape index (κ1) is 17.2. The summed E-state index contributed by atoms with van der Waals surface area (Å²) in [4.78, 5) is 0. The topological polar surface area (TPSA) is 38.0 Å². The smallest absolute Gasteiger partial charge is 0.0518 e. The third kappa shape index (κ3) is 4.25. The highest BCUT2D eigenvalue weighted by Gasteiger charge is 2.30. The summed E-state index contributed by atoms with van der Waals surface area (Å²) in [6.45, 7) is 4.77. The molecule has 0 spiro atoms. The minimum Gasteiger partial charge on any atom is -0.322 e. The Balaban J connectivity index is 1.78. The van der Waals surface area contributed by atoms with Gasteiger partial charge in [0.2, 0.25) is 0 Å². The molecule has 24 heavy (non-hydrogen) atoms. The lowest BCUT2D eigenvalue weighted by Gasteiger charge is -2.38. The van der Waals surface area contributed by atoms with Crippen molar-refractivity contribution in [2.45, 2.75) is 57.7 Å². The van der Waals surface area contributed by atoms with Crippen LogP contribution >= 0.6 is 0 Å². The second-order valence-electron chi connectivity index (χ2n) is 7.93. The molecule has 0 bridgehead atoms. The predicted molar refractivity (Wildman–Crippen MR) is 102 cm³/mol. The molecule has 3 rings (SSSR count). The Morgan fingerprint density at radius 1 is 0.875 bits per heavy atom. The van der Waals surface area contributed by atoms with Gasteiger partial charge in [0.05, 0.1) is 6.04 Å². The van der Waals surface area contributed by atoms with E-state index < -0.39 is 0 Å². The number of hydrogen-bond donors (Lipinski definition) is 2. The van der Waals surface area contributed by atoms with Crippen molar-refractivity contribution in [3.63, 3.8) is 0 Å². The molecule has 1 fully saturated rings. The fourth-order valence-corrected chi connectivity index (χ4v) is 3.76. The van der Waals surface area contributed by atoms with E-state index in [-0.39, 0.29) is 12.1 Å². The third-order valence-electron chi connectivity index (χ3n) is 5.46. The molecule has 0 unspecified atom stereocenters. The highest BCUT2D eigenvalue weighted by molar-refractivity contribution is 5.27. The van der Waals surface area contributed by atoms with Gasteiger partial charge >= 0.3 is 0 Å². The first-order valence-electron chi connectivity index (χ1n) is 9.17. The second-order valence-corrected chi connectivity index (χ2v) is 7.93. The molecule has 0 saturated heterocycles. The van der Waals surface area contributed by atoms with E-state index in [1.807, 2.05) is 6.07 Å². The van der Waals surface area contributed by atoms with Crippen LogP contribution in [0.2, 0.25) is 0 Å². The zero-order valence-electron chi connectivity index (χ0n) is 14.9. The van der Waals surface area contributed by atoms with Gasteiger partial charge in [-0.2, -0.15) is 0 Å². The van der Waals surface area contributed by atoms with Gasteiger partial charge in [-0.05, 0) is 42.2 Å². The number of rotatable bonds is 5. The summed E-state index contributed by atoms with van der Waals surface area (Å²) in [5, 5.41) is 3.88. The summed E-state index contributed by atoms with van der Waals surface area (Å²) in [7, 11) is 0. The van der Waals surface area contributed by atoms with Crippen molar-refractivity contribution in [3.05, 3.63) is 71.8 Å². The highest BCUT2D eigenvalue weighted by atomic mass is 15.0. The van der Waals surface area contributed by atoms with E-state index in [0.29, 0.717) is 11.5 Å². The Hall–Kier alpha value is -1.64. The minimum atomic E-state index is -0.0384. The van der Waals surface area contributed by atoms with Gasteiger partial charge < -0.3 is 11.1 Å². The molecule has 1 aliphatic rings. The van der Waals surface area contributed by atoms with Gasteiger partial charge in [-0.3, -0.25) is 0 Å². The fourth-order valence-electron chi connectivity index (χ4n) is 3.76. The molecule has 2 atom stereocenters. The van der Waals surface area contributed by atoms with Crippen molar-refractivity contribution in [1.29, 1.82) is 0 Å². The Morgan fingerprint density at radius 2 is 1.38 bits per heavy atom. The summed E-state index contributed by atoms with van der Waals surface area (Å²) in [5.74, 6) is 0. The molecule has 0 radical (unpaired) electrons. The van der Waals surface area contributed by atoms with E-state index in [9.17, 15) is 0 Å². The van der Waals surface area contributed by atoms with Gasteiger partial charge in [0.25, 0.3) is 0 Å². The molecule has 0 aliphatic heterocycles. The van der Waals surface area contributed by atoms with E-state index in [1.165, 1.54) is 36.8 Å². The van der Waals surface area contributed by atoms with Crippen LogP contribution in [0.3, 0.4) is 0 Å². The molecule has 0 amide bonds. The minimum absolute atomic E-state index is 0.0384. The van der Waals surface area contributed by atoms with Crippen molar-refractivity contribution in [2.24, 2.45) is 11.1 Å². The van der Waals surface area contributed by atoms with Gasteiger partial charge in [0.1, 0.15) is 0 Å². The molecule has 2 heteroatoms. The lowest BCUT2D eigenvalue weighted by atomic mass is 9.75. The Morgan fingerprint density at radius 3 is 1.92 bits per heavy atom. The average molecular weight is 322 g/mol. The Bertz CT molecular complexity index is 611. The van der Waals surface area contributed by atoms with E-state index in [0.717, 1.165) is 0 Å². The highest BCUT2D eigenvalue weighted by Crippen LogP contribution is 2.37. The molecule has 1 saturated carbocycles. The van der Waals surface area contributed by atoms with Crippen LogP contribution in [0.1, 0.15) is 62.7 Å². The van der Waals surface area contributed by atoms with Crippen LogP contribution in [0.4, 0.5) is 0 Å². The van der Waals surface area contributed by atoms with Gasteiger partial charge in [-0.25, -0.2) is 0 Å². The van der Waals surface area contributed by atoms with Crippen LogP contribution in [0.5, 0.6) is 0 Å². The quantitative estimate of drug-likeness (QED) is 0.814. The van der Waals surface area contributed by atoms with E-state index >= 15 is 0 Å². The summed E-state index contributed by atoms with van der Waals surface area (Å²) in [6.07, 6.45) is 5.04. The summed E-state index contributed by atoms with van der Waals surface area (Å²) >= 11 is 0.